The Morgan fingerprint density at radius 1 is 1.00 bits per heavy atom. The molecule has 0 unspecified atom stereocenters. The molecule has 0 spiro atoms. The van der Waals surface area contributed by atoms with Gasteiger partial charge >= 0.3 is 0 Å². The van der Waals surface area contributed by atoms with Crippen molar-refractivity contribution in [1.82, 2.24) is 4.90 Å². The van der Waals surface area contributed by atoms with E-state index >= 15 is 0 Å². The minimum Gasteiger partial charge on any atom is -0.497 e. The predicted molar refractivity (Wildman–Crippen MR) is 105 cm³/mol. The molecule has 146 valence electrons. The van der Waals surface area contributed by atoms with Gasteiger partial charge < -0.3 is 14.5 Å². The lowest BCUT2D eigenvalue weighted by atomic mass is 9.93. The summed E-state index contributed by atoms with van der Waals surface area (Å²) >= 11 is 0. The maximum atomic E-state index is 13.4. The summed E-state index contributed by atoms with van der Waals surface area (Å²) in [6, 6.07) is 8.04. The van der Waals surface area contributed by atoms with Crippen molar-refractivity contribution >= 4 is 17.5 Å². The normalized spacial score (nSPS) is 21.6. The Bertz CT molecular complexity index is 686. The molecule has 1 aromatic carbocycles. The molecule has 5 nitrogen and oxygen atoms in total. The molecule has 1 heterocycles. The monoisotopic (exact) mass is 370 g/mol. The number of piperidine rings is 1. The average molecular weight is 370 g/mol. The molecule has 1 aliphatic heterocycles. The fraction of sp³-hybridized carbons (Fsp3) is 0.636. The van der Waals surface area contributed by atoms with Crippen molar-refractivity contribution in [1.29, 1.82) is 0 Å². The van der Waals surface area contributed by atoms with Crippen LogP contribution in [0.4, 0.5) is 5.69 Å². The van der Waals surface area contributed by atoms with Crippen molar-refractivity contribution < 1.29 is 14.3 Å². The fourth-order valence-corrected chi connectivity index (χ4v) is 4.23. The molecule has 0 aromatic heterocycles. The number of nitrogens with zero attached hydrogens (tertiary/aromatic N) is 2. The first kappa shape index (κ1) is 18.3. The third-order valence-corrected chi connectivity index (χ3v) is 6.38. The number of hydrogen-bond donors (Lipinski definition) is 0. The van der Waals surface area contributed by atoms with Gasteiger partial charge in [0.05, 0.1) is 7.11 Å². The lowest BCUT2D eigenvalue weighted by molar-refractivity contribution is -0.136. The molecule has 4 rings (SSSR count). The number of anilines is 1. The van der Waals surface area contributed by atoms with Gasteiger partial charge in [-0.3, -0.25) is 9.59 Å². The highest BCUT2D eigenvalue weighted by Crippen LogP contribution is 2.39. The van der Waals surface area contributed by atoms with Gasteiger partial charge in [-0.05, 0) is 75.6 Å². The van der Waals surface area contributed by atoms with Crippen LogP contribution in [0.1, 0.15) is 45.4 Å². The second kappa shape index (κ2) is 7.53. The zero-order valence-corrected chi connectivity index (χ0v) is 16.4. The Hall–Kier alpha value is -2.04. The van der Waals surface area contributed by atoms with Crippen molar-refractivity contribution in [2.75, 3.05) is 25.1 Å². The van der Waals surface area contributed by atoms with Crippen LogP contribution in [0.5, 0.6) is 5.75 Å². The van der Waals surface area contributed by atoms with Crippen molar-refractivity contribution in [2.24, 2.45) is 17.8 Å². The summed E-state index contributed by atoms with van der Waals surface area (Å²) in [4.78, 5) is 29.7. The molecule has 1 aromatic rings. The van der Waals surface area contributed by atoms with Gasteiger partial charge in [0, 0.05) is 36.7 Å². The summed E-state index contributed by atoms with van der Waals surface area (Å²) < 4.78 is 5.26. The molecule has 1 atom stereocenters. The number of likely N-dealkylation sites (tertiary alicyclic amines) is 1. The Morgan fingerprint density at radius 3 is 2.15 bits per heavy atom. The Morgan fingerprint density at radius 2 is 1.63 bits per heavy atom. The molecule has 3 fully saturated rings. The van der Waals surface area contributed by atoms with E-state index in [1.807, 2.05) is 34.1 Å². The highest BCUT2D eigenvalue weighted by molar-refractivity contribution is 5.96. The highest BCUT2D eigenvalue weighted by Gasteiger charge is 2.40. The van der Waals surface area contributed by atoms with Crippen LogP contribution < -0.4 is 9.64 Å². The Kier molecular flexibility index (Phi) is 5.11. The quantitative estimate of drug-likeness (QED) is 0.770. The minimum absolute atomic E-state index is 0.0107. The van der Waals surface area contributed by atoms with Crippen LogP contribution in [0.15, 0.2) is 24.3 Å². The summed E-state index contributed by atoms with van der Waals surface area (Å²) in [5.41, 5.74) is 0.955. The topological polar surface area (TPSA) is 49.9 Å². The van der Waals surface area contributed by atoms with Gasteiger partial charge in [-0.15, -0.1) is 0 Å². The summed E-state index contributed by atoms with van der Waals surface area (Å²) in [6.07, 6.45) is 6.05. The smallest absolute Gasteiger partial charge is 0.230 e. The first-order valence-electron chi connectivity index (χ1n) is 10.3. The standard InChI is InChI=1S/C22H30N2O3/c1-15(16-3-4-16)24(19-7-9-20(27-2)10-8-19)22(26)18-11-13-23(14-12-18)21(25)17-5-6-17/h7-10,15-18H,3-6,11-14H2,1-2H3/t15-/m0/s1. The molecule has 0 bridgehead atoms. The van der Waals surface area contributed by atoms with Crippen LogP contribution in [0.2, 0.25) is 0 Å². The van der Waals surface area contributed by atoms with Crippen LogP contribution in [0.25, 0.3) is 0 Å². The van der Waals surface area contributed by atoms with E-state index < -0.39 is 0 Å². The molecule has 2 saturated carbocycles. The molecular formula is C22H30N2O3. The Balaban J connectivity index is 1.46. The SMILES string of the molecule is COc1ccc(N(C(=O)C2CCN(C(=O)C3CC3)CC2)[C@@H](C)C2CC2)cc1. The minimum atomic E-state index is 0.0107. The molecule has 2 amide bonds. The maximum Gasteiger partial charge on any atom is 0.230 e. The van der Waals surface area contributed by atoms with Crippen molar-refractivity contribution in [3.63, 3.8) is 0 Å². The van der Waals surface area contributed by atoms with Gasteiger partial charge in [0.15, 0.2) is 0 Å². The summed E-state index contributed by atoms with van der Waals surface area (Å²) in [6.45, 7) is 3.62. The van der Waals surface area contributed by atoms with Crippen molar-refractivity contribution in [3.8, 4) is 5.75 Å². The van der Waals surface area contributed by atoms with E-state index in [9.17, 15) is 9.59 Å². The van der Waals surface area contributed by atoms with Gasteiger partial charge in [-0.1, -0.05) is 0 Å². The average Bonchev–Trinajstić information content (AvgIpc) is 3.60. The lowest BCUT2D eigenvalue weighted by Crippen LogP contribution is -2.48. The zero-order valence-electron chi connectivity index (χ0n) is 16.4. The summed E-state index contributed by atoms with van der Waals surface area (Å²) in [5, 5.41) is 0. The van der Waals surface area contributed by atoms with Gasteiger partial charge in [0.25, 0.3) is 0 Å². The first-order valence-corrected chi connectivity index (χ1v) is 10.3. The van der Waals surface area contributed by atoms with Crippen LogP contribution in [0, 0.1) is 17.8 Å². The van der Waals surface area contributed by atoms with Gasteiger partial charge in [-0.2, -0.15) is 0 Å². The molecular weight excluding hydrogens is 340 g/mol. The predicted octanol–water partition coefficient (Wildman–Crippen LogP) is 3.48. The molecule has 27 heavy (non-hydrogen) atoms. The largest absolute Gasteiger partial charge is 0.497 e. The molecule has 0 radical (unpaired) electrons. The number of hydrogen-bond acceptors (Lipinski definition) is 3. The number of methoxy groups -OCH3 is 1. The van der Waals surface area contributed by atoms with Gasteiger partial charge in [0.1, 0.15) is 5.75 Å². The van der Waals surface area contributed by atoms with E-state index in [1.165, 1.54) is 12.8 Å². The van der Waals surface area contributed by atoms with E-state index in [0.29, 0.717) is 11.8 Å². The first-order chi connectivity index (χ1) is 13.1. The molecule has 5 heteroatoms. The summed E-state index contributed by atoms with van der Waals surface area (Å²) in [7, 11) is 1.65. The number of ether oxygens (including phenoxy) is 1. The Labute approximate surface area is 161 Å². The van der Waals surface area contributed by atoms with E-state index in [0.717, 1.165) is 50.2 Å². The van der Waals surface area contributed by atoms with Crippen LogP contribution in [0.3, 0.4) is 0 Å². The van der Waals surface area contributed by atoms with Gasteiger partial charge in [0.2, 0.25) is 11.8 Å². The summed E-state index contributed by atoms with van der Waals surface area (Å²) in [5.74, 6) is 2.21. The van der Waals surface area contributed by atoms with Gasteiger partial charge in [-0.25, -0.2) is 0 Å². The molecule has 3 aliphatic rings. The third kappa shape index (κ3) is 3.97. The molecule has 1 saturated heterocycles. The number of benzene rings is 1. The maximum absolute atomic E-state index is 13.4. The van der Waals surface area contributed by atoms with Crippen LogP contribution in [-0.2, 0) is 9.59 Å². The van der Waals surface area contributed by atoms with E-state index in [1.54, 1.807) is 7.11 Å². The molecule has 0 N–H and O–H groups in total. The van der Waals surface area contributed by atoms with E-state index in [2.05, 4.69) is 6.92 Å². The second-order valence-corrected chi connectivity index (χ2v) is 8.36. The van der Waals surface area contributed by atoms with E-state index in [-0.39, 0.29) is 23.8 Å². The molecule has 2 aliphatic carbocycles. The zero-order chi connectivity index (χ0) is 19.0. The second-order valence-electron chi connectivity index (χ2n) is 8.36. The van der Waals surface area contributed by atoms with Crippen molar-refractivity contribution in [2.45, 2.75) is 51.5 Å². The highest BCUT2D eigenvalue weighted by atomic mass is 16.5. The van der Waals surface area contributed by atoms with Crippen molar-refractivity contribution in [3.05, 3.63) is 24.3 Å². The van der Waals surface area contributed by atoms with E-state index in [4.69, 9.17) is 4.74 Å². The number of rotatable bonds is 6. The number of amides is 2. The lowest BCUT2D eigenvalue weighted by Gasteiger charge is -2.37. The fourth-order valence-electron chi connectivity index (χ4n) is 4.23. The van der Waals surface area contributed by atoms with Crippen LogP contribution in [-0.4, -0.2) is 43.0 Å². The third-order valence-electron chi connectivity index (χ3n) is 6.38. The van der Waals surface area contributed by atoms with Crippen LogP contribution >= 0.6 is 0 Å². The number of carbonyl (C=O) groups is 2. The number of carbonyl (C=O) groups excluding carboxylic acids is 2.